The van der Waals surface area contributed by atoms with E-state index in [4.69, 9.17) is 5.11 Å². The van der Waals surface area contributed by atoms with Gasteiger partial charge in [0.05, 0.1) is 11.3 Å². The van der Waals surface area contributed by atoms with Gasteiger partial charge in [-0.05, 0) is 12.8 Å². The number of nitrogens with zero attached hydrogens (tertiary/aromatic N) is 2. The molecular weight excluding hydrogens is 192 g/mol. The first kappa shape index (κ1) is 11.6. The van der Waals surface area contributed by atoms with Gasteiger partial charge in [0.15, 0.2) is 0 Å². The molecule has 0 aliphatic rings. The molecule has 0 saturated carbocycles. The van der Waals surface area contributed by atoms with E-state index in [1.165, 1.54) is 6.20 Å². The van der Waals surface area contributed by atoms with E-state index in [1.54, 1.807) is 0 Å². The SMILES string of the molecule is CCCCc1ncc(C(=O)O)c(CC)n1. The van der Waals surface area contributed by atoms with E-state index in [2.05, 4.69) is 16.9 Å². The predicted octanol–water partition coefficient (Wildman–Crippen LogP) is 2.08. The Morgan fingerprint density at radius 1 is 1.47 bits per heavy atom. The summed E-state index contributed by atoms with van der Waals surface area (Å²) >= 11 is 0. The summed E-state index contributed by atoms with van der Waals surface area (Å²) in [7, 11) is 0. The lowest BCUT2D eigenvalue weighted by Gasteiger charge is -2.04. The van der Waals surface area contributed by atoms with Gasteiger partial charge in [-0.3, -0.25) is 0 Å². The third-order valence-corrected chi connectivity index (χ3v) is 2.24. The van der Waals surface area contributed by atoms with Crippen LogP contribution in [0, 0.1) is 0 Å². The van der Waals surface area contributed by atoms with Gasteiger partial charge in [0.2, 0.25) is 0 Å². The summed E-state index contributed by atoms with van der Waals surface area (Å²) in [5.74, 6) is -0.201. The Labute approximate surface area is 89.4 Å². The average Bonchev–Trinajstić information content (AvgIpc) is 2.25. The van der Waals surface area contributed by atoms with E-state index in [9.17, 15) is 4.79 Å². The second-order valence-corrected chi connectivity index (χ2v) is 3.41. The van der Waals surface area contributed by atoms with Crippen molar-refractivity contribution in [3.8, 4) is 0 Å². The third kappa shape index (κ3) is 3.01. The monoisotopic (exact) mass is 208 g/mol. The van der Waals surface area contributed by atoms with Gasteiger partial charge in [-0.2, -0.15) is 0 Å². The summed E-state index contributed by atoms with van der Waals surface area (Å²) in [6.07, 6.45) is 4.99. The lowest BCUT2D eigenvalue weighted by Crippen LogP contribution is -2.08. The Hall–Kier alpha value is -1.45. The first-order valence-corrected chi connectivity index (χ1v) is 5.27. The number of aryl methyl sites for hydroxylation is 2. The maximum Gasteiger partial charge on any atom is 0.339 e. The molecule has 1 rings (SSSR count). The number of aromatic carboxylic acids is 1. The van der Waals surface area contributed by atoms with Crippen LogP contribution in [-0.2, 0) is 12.8 Å². The van der Waals surface area contributed by atoms with Gasteiger partial charge < -0.3 is 5.11 Å². The molecule has 0 saturated heterocycles. The summed E-state index contributed by atoms with van der Waals surface area (Å²) in [5, 5.41) is 8.88. The Kier molecular flexibility index (Phi) is 4.21. The van der Waals surface area contributed by atoms with Crippen molar-refractivity contribution < 1.29 is 9.90 Å². The molecule has 1 heterocycles. The van der Waals surface area contributed by atoms with Crippen molar-refractivity contribution in [2.75, 3.05) is 0 Å². The first-order valence-electron chi connectivity index (χ1n) is 5.27. The van der Waals surface area contributed by atoms with Crippen molar-refractivity contribution in [1.82, 2.24) is 9.97 Å². The molecule has 15 heavy (non-hydrogen) atoms. The number of hydrogen-bond acceptors (Lipinski definition) is 3. The first-order chi connectivity index (χ1) is 7.19. The van der Waals surface area contributed by atoms with Crippen molar-refractivity contribution >= 4 is 5.97 Å². The minimum absolute atomic E-state index is 0.220. The van der Waals surface area contributed by atoms with E-state index in [-0.39, 0.29) is 5.56 Å². The highest BCUT2D eigenvalue weighted by Gasteiger charge is 2.11. The van der Waals surface area contributed by atoms with Gasteiger partial charge in [-0.25, -0.2) is 14.8 Å². The van der Waals surface area contributed by atoms with Crippen LogP contribution in [0.3, 0.4) is 0 Å². The molecule has 0 unspecified atom stereocenters. The van der Waals surface area contributed by atoms with Crippen LogP contribution in [0.4, 0.5) is 0 Å². The van der Waals surface area contributed by atoms with Crippen molar-refractivity contribution in [2.24, 2.45) is 0 Å². The van der Waals surface area contributed by atoms with Crippen LogP contribution < -0.4 is 0 Å². The lowest BCUT2D eigenvalue weighted by molar-refractivity contribution is 0.0694. The fourth-order valence-electron chi connectivity index (χ4n) is 1.36. The molecule has 4 heteroatoms. The second-order valence-electron chi connectivity index (χ2n) is 3.41. The summed E-state index contributed by atoms with van der Waals surface area (Å²) in [5.41, 5.74) is 0.848. The maximum absolute atomic E-state index is 10.8. The summed E-state index contributed by atoms with van der Waals surface area (Å²) in [4.78, 5) is 19.1. The molecule has 4 nitrogen and oxygen atoms in total. The molecule has 0 aliphatic heterocycles. The van der Waals surface area contributed by atoms with E-state index in [0.717, 1.165) is 25.1 Å². The molecule has 1 N–H and O–H groups in total. The van der Waals surface area contributed by atoms with E-state index in [1.807, 2.05) is 6.92 Å². The van der Waals surface area contributed by atoms with Crippen LogP contribution in [0.2, 0.25) is 0 Å². The Bertz CT molecular complexity index is 350. The largest absolute Gasteiger partial charge is 0.478 e. The number of carboxylic acids is 1. The third-order valence-electron chi connectivity index (χ3n) is 2.24. The molecule has 1 aromatic heterocycles. The molecule has 0 fully saturated rings. The van der Waals surface area contributed by atoms with Crippen LogP contribution in [0.25, 0.3) is 0 Å². The fourth-order valence-corrected chi connectivity index (χ4v) is 1.36. The molecule has 0 aliphatic carbocycles. The zero-order valence-electron chi connectivity index (χ0n) is 9.16. The average molecular weight is 208 g/mol. The zero-order chi connectivity index (χ0) is 11.3. The highest BCUT2D eigenvalue weighted by atomic mass is 16.4. The summed E-state index contributed by atoms with van der Waals surface area (Å²) in [6.45, 7) is 4.00. The van der Waals surface area contributed by atoms with Crippen LogP contribution >= 0.6 is 0 Å². The molecule has 0 bridgehead atoms. The molecule has 0 amide bonds. The Balaban J connectivity index is 2.92. The molecule has 0 spiro atoms. The standard InChI is InChI=1S/C11H16N2O2/c1-3-5-6-10-12-7-8(11(14)15)9(4-2)13-10/h7H,3-6H2,1-2H3,(H,14,15). The molecule has 0 aromatic carbocycles. The maximum atomic E-state index is 10.8. The van der Waals surface area contributed by atoms with Crippen LogP contribution in [0.5, 0.6) is 0 Å². The number of unbranched alkanes of at least 4 members (excludes halogenated alkanes) is 1. The van der Waals surface area contributed by atoms with Crippen LogP contribution in [-0.4, -0.2) is 21.0 Å². The normalized spacial score (nSPS) is 10.3. The topological polar surface area (TPSA) is 63.1 Å². The highest BCUT2D eigenvalue weighted by Crippen LogP contribution is 2.08. The number of rotatable bonds is 5. The van der Waals surface area contributed by atoms with E-state index >= 15 is 0 Å². The van der Waals surface area contributed by atoms with Gasteiger partial charge in [0.25, 0.3) is 0 Å². The minimum atomic E-state index is -0.950. The summed E-state index contributed by atoms with van der Waals surface area (Å²) < 4.78 is 0. The predicted molar refractivity (Wildman–Crippen MR) is 57.0 cm³/mol. The molecule has 1 aromatic rings. The zero-order valence-corrected chi connectivity index (χ0v) is 9.16. The highest BCUT2D eigenvalue weighted by molar-refractivity contribution is 5.88. The Morgan fingerprint density at radius 2 is 2.20 bits per heavy atom. The molecule has 0 radical (unpaired) electrons. The summed E-state index contributed by atoms with van der Waals surface area (Å²) in [6, 6.07) is 0. The molecular formula is C11H16N2O2. The van der Waals surface area contributed by atoms with Crippen LogP contribution in [0.15, 0.2) is 6.20 Å². The van der Waals surface area contributed by atoms with Crippen molar-refractivity contribution in [1.29, 1.82) is 0 Å². The molecule has 0 atom stereocenters. The smallest absolute Gasteiger partial charge is 0.339 e. The number of carboxylic acid groups (broad SMARTS) is 1. The quantitative estimate of drug-likeness (QED) is 0.804. The van der Waals surface area contributed by atoms with E-state index < -0.39 is 5.97 Å². The second kappa shape index (κ2) is 5.44. The molecule has 82 valence electrons. The number of aromatic nitrogens is 2. The van der Waals surface area contributed by atoms with Crippen LogP contribution in [0.1, 0.15) is 48.6 Å². The minimum Gasteiger partial charge on any atom is -0.478 e. The van der Waals surface area contributed by atoms with Gasteiger partial charge in [0, 0.05) is 12.6 Å². The Morgan fingerprint density at radius 3 is 2.73 bits per heavy atom. The van der Waals surface area contributed by atoms with Crippen molar-refractivity contribution in [3.05, 3.63) is 23.3 Å². The fraction of sp³-hybridized carbons (Fsp3) is 0.545. The lowest BCUT2D eigenvalue weighted by atomic mass is 10.2. The number of carbonyl (C=O) groups is 1. The number of hydrogen-bond donors (Lipinski definition) is 1. The van der Waals surface area contributed by atoms with Crippen molar-refractivity contribution in [3.63, 3.8) is 0 Å². The van der Waals surface area contributed by atoms with Gasteiger partial charge in [-0.1, -0.05) is 20.3 Å². The van der Waals surface area contributed by atoms with E-state index in [0.29, 0.717) is 12.1 Å². The van der Waals surface area contributed by atoms with Gasteiger partial charge >= 0.3 is 5.97 Å². The van der Waals surface area contributed by atoms with Crippen molar-refractivity contribution in [2.45, 2.75) is 39.5 Å². The van der Waals surface area contributed by atoms with Gasteiger partial charge in [-0.15, -0.1) is 0 Å². The van der Waals surface area contributed by atoms with Gasteiger partial charge in [0.1, 0.15) is 5.82 Å².